The second-order valence-corrected chi connectivity index (χ2v) is 1.01. The maximum atomic E-state index is 9.45. The molecule has 0 amide bonds. The molecule has 0 aliphatic heterocycles. The summed E-state index contributed by atoms with van der Waals surface area (Å²) < 4.78 is 0. The standard InChI is InChI=1S/C3H6O3.Ca.2H/c1-2(4)3(5)6;;;/h2,4H,1H3,(H,5,6);;;/q;+2;2*-1. The molecule has 0 aliphatic rings. The molecule has 0 aromatic rings. The van der Waals surface area contributed by atoms with Crippen LogP contribution >= 0.6 is 0 Å². The predicted molar refractivity (Wildman–Crippen MR) is 27.3 cm³/mol. The largest absolute Gasteiger partial charge is 2.00 e. The van der Waals surface area contributed by atoms with E-state index >= 15 is 0 Å². The van der Waals surface area contributed by atoms with E-state index < -0.39 is 12.1 Å². The van der Waals surface area contributed by atoms with Gasteiger partial charge in [0.15, 0.2) is 0 Å². The van der Waals surface area contributed by atoms with Gasteiger partial charge in [-0.1, -0.05) is 0 Å². The van der Waals surface area contributed by atoms with Gasteiger partial charge in [-0.3, -0.25) is 0 Å². The molecule has 40 valence electrons. The quantitative estimate of drug-likeness (QED) is 0.464. The molecule has 1 atom stereocenters. The Balaban J connectivity index is -0.0000000417. The Hall–Kier alpha value is 0.690. The summed E-state index contributed by atoms with van der Waals surface area (Å²) in [6.07, 6.45) is -1.23. The van der Waals surface area contributed by atoms with Crippen molar-refractivity contribution >= 4 is 43.7 Å². The fourth-order valence-corrected chi connectivity index (χ4v) is 0. The van der Waals surface area contributed by atoms with Gasteiger partial charge >= 0.3 is 43.7 Å². The van der Waals surface area contributed by atoms with E-state index in [4.69, 9.17) is 10.2 Å². The number of carbonyl (C=O) groups is 1. The number of hydrogen-bond donors (Lipinski definition) is 2. The molecule has 0 rings (SSSR count). The van der Waals surface area contributed by atoms with Crippen LogP contribution in [0.3, 0.4) is 0 Å². The summed E-state index contributed by atoms with van der Waals surface area (Å²) in [5.74, 6) is -1.19. The topological polar surface area (TPSA) is 57.5 Å². The number of aliphatic hydroxyl groups is 1. The van der Waals surface area contributed by atoms with Gasteiger partial charge in [0.2, 0.25) is 0 Å². The first kappa shape index (κ1) is 10.6. The molecule has 0 fully saturated rings. The van der Waals surface area contributed by atoms with Crippen LogP contribution in [0.2, 0.25) is 0 Å². The summed E-state index contributed by atoms with van der Waals surface area (Å²) in [5, 5.41) is 15.8. The van der Waals surface area contributed by atoms with Gasteiger partial charge in [-0.2, -0.15) is 0 Å². The first-order valence-corrected chi connectivity index (χ1v) is 1.55. The molecule has 7 heavy (non-hydrogen) atoms. The molecular formula is C3H8CaO3. The van der Waals surface area contributed by atoms with Gasteiger partial charge in [0.1, 0.15) is 6.10 Å². The molecule has 0 radical (unpaired) electrons. The molecule has 0 saturated heterocycles. The zero-order valence-corrected chi connectivity index (χ0v) is 6.30. The summed E-state index contributed by atoms with van der Waals surface area (Å²) in [4.78, 5) is 9.45. The van der Waals surface area contributed by atoms with E-state index in [0.29, 0.717) is 0 Å². The number of aliphatic carboxylic acids is 1. The van der Waals surface area contributed by atoms with Crippen molar-refractivity contribution < 1.29 is 17.9 Å². The monoisotopic (exact) mass is 132 g/mol. The van der Waals surface area contributed by atoms with E-state index in [1.807, 2.05) is 0 Å². The predicted octanol–water partition coefficient (Wildman–Crippen LogP) is -0.704. The number of hydrogen-bond acceptors (Lipinski definition) is 2. The van der Waals surface area contributed by atoms with Crippen LogP contribution in [0, 0.1) is 0 Å². The molecule has 3 nitrogen and oxygen atoms in total. The zero-order valence-electron chi connectivity index (χ0n) is 6.09. The molecule has 1 unspecified atom stereocenters. The van der Waals surface area contributed by atoms with Crippen LogP contribution in [0.25, 0.3) is 0 Å². The average Bonchev–Trinajstić information content (AvgIpc) is 1.36. The number of rotatable bonds is 1. The minimum atomic E-state index is -1.23. The number of carboxylic acid groups (broad SMARTS) is 1. The van der Waals surface area contributed by atoms with Gasteiger partial charge in [-0.25, -0.2) is 4.79 Å². The van der Waals surface area contributed by atoms with Crippen molar-refractivity contribution in [1.82, 2.24) is 0 Å². The Morgan fingerprint density at radius 2 is 2.00 bits per heavy atom. The Bertz CT molecular complexity index is 68.1. The maximum absolute atomic E-state index is 9.45. The van der Waals surface area contributed by atoms with E-state index in [1.54, 1.807) is 0 Å². The maximum Gasteiger partial charge on any atom is 2.00 e. The van der Waals surface area contributed by atoms with Crippen molar-refractivity contribution in [2.75, 3.05) is 0 Å². The number of aliphatic hydroxyl groups excluding tert-OH is 1. The van der Waals surface area contributed by atoms with E-state index in [9.17, 15) is 4.79 Å². The first-order chi connectivity index (χ1) is 2.64. The minimum absolute atomic E-state index is 0. The molecule has 0 bridgehead atoms. The van der Waals surface area contributed by atoms with Crippen LogP contribution in [-0.4, -0.2) is 60.0 Å². The van der Waals surface area contributed by atoms with Crippen LogP contribution in [-0.2, 0) is 4.79 Å². The molecule has 0 aromatic heterocycles. The van der Waals surface area contributed by atoms with Gasteiger partial charge in [-0.15, -0.1) is 0 Å². The van der Waals surface area contributed by atoms with Gasteiger partial charge in [0.25, 0.3) is 0 Å². The van der Waals surface area contributed by atoms with Crippen LogP contribution in [0.5, 0.6) is 0 Å². The van der Waals surface area contributed by atoms with E-state index in [1.165, 1.54) is 6.92 Å². The Kier molecular flexibility index (Phi) is 7.35. The molecule has 0 heterocycles. The van der Waals surface area contributed by atoms with Gasteiger partial charge in [0, 0.05) is 0 Å². The Morgan fingerprint density at radius 3 is 2.00 bits per heavy atom. The fourth-order valence-electron chi connectivity index (χ4n) is 0. The zero-order chi connectivity index (χ0) is 5.15. The summed E-state index contributed by atoms with van der Waals surface area (Å²) in [6.45, 7) is 1.20. The Labute approximate surface area is 74.3 Å². The van der Waals surface area contributed by atoms with Crippen molar-refractivity contribution in [2.45, 2.75) is 13.0 Å². The van der Waals surface area contributed by atoms with Crippen molar-refractivity contribution in [3.8, 4) is 0 Å². The van der Waals surface area contributed by atoms with Crippen LogP contribution in [0.1, 0.15) is 9.78 Å². The summed E-state index contributed by atoms with van der Waals surface area (Å²) in [6, 6.07) is 0. The molecule has 2 N–H and O–H groups in total. The third-order valence-electron chi connectivity index (χ3n) is 0.357. The second-order valence-electron chi connectivity index (χ2n) is 1.01. The summed E-state index contributed by atoms with van der Waals surface area (Å²) in [7, 11) is 0. The minimum Gasteiger partial charge on any atom is -1.00 e. The van der Waals surface area contributed by atoms with Gasteiger partial charge in [0.05, 0.1) is 0 Å². The van der Waals surface area contributed by atoms with Crippen molar-refractivity contribution in [3.05, 3.63) is 0 Å². The fraction of sp³-hybridized carbons (Fsp3) is 0.667. The van der Waals surface area contributed by atoms with Crippen LogP contribution in [0.4, 0.5) is 0 Å². The normalized spacial score (nSPS) is 11.7. The van der Waals surface area contributed by atoms with E-state index in [-0.39, 0.29) is 40.6 Å². The van der Waals surface area contributed by atoms with Crippen molar-refractivity contribution in [2.24, 2.45) is 0 Å². The van der Waals surface area contributed by atoms with E-state index in [2.05, 4.69) is 0 Å². The smallest absolute Gasteiger partial charge is 1.00 e. The van der Waals surface area contributed by atoms with Crippen molar-refractivity contribution in [3.63, 3.8) is 0 Å². The molecular weight excluding hydrogens is 124 g/mol. The summed E-state index contributed by atoms with van der Waals surface area (Å²) in [5.41, 5.74) is 0. The van der Waals surface area contributed by atoms with Crippen LogP contribution < -0.4 is 0 Å². The van der Waals surface area contributed by atoms with Gasteiger partial charge < -0.3 is 13.1 Å². The second kappa shape index (κ2) is 4.84. The third kappa shape index (κ3) is 6.69. The third-order valence-corrected chi connectivity index (χ3v) is 0.357. The molecule has 0 aliphatic carbocycles. The first-order valence-electron chi connectivity index (χ1n) is 1.55. The average molecular weight is 132 g/mol. The summed E-state index contributed by atoms with van der Waals surface area (Å²) >= 11 is 0. The molecule has 0 saturated carbocycles. The SMILES string of the molecule is CC(O)C(=O)O.[Ca+2].[H-].[H-]. The molecule has 4 heteroatoms. The van der Waals surface area contributed by atoms with Crippen molar-refractivity contribution in [1.29, 1.82) is 0 Å². The molecule has 0 spiro atoms. The van der Waals surface area contributed by atoms with E-state index in [0.717, 1.165) is 0 Å². The molecule has 0 aromatic carbocycles. The van der Waals surface area contributed by atoms with Crippen LogP contribution in [0.15, 0.2) is 0 Å². The number of carboxylic acids is 1. The van der Waals surface area contributed by atoms with Gasteiger partial charge in [-0.05, 0) is 6.92 Å². The Morgan fingerprint density at radius 1 is 1.86 bits per heavy atom.